The Hall–Kier alpha value is -0.860. The predicted octanol–water partition coefficient (Wildman–Crippen LogP) is 0.432. The van der Waals surface area contributed by atoms with Gasteiger partial charge in [0.05, 0.1) is 6.72 Å². The fourth-order valence-electron chi connectivity index (χ4n) is 0.123. The average molecular weight is 100 g/mol. The summed E-state index contributed by atoms with van der Waals surface area (Å²) in [5, 5.41) is 2.66. The van der Waals surface area contributed by atoms with Gasteiger partial charge in [-0.05, 0) is 0 Å². The van der Waals surface area contributed by atoms with Crippen LogP contribution in [0.3, 0.4) is 0 Å². The molecule has 3 nitrogen and oxygen atoms in total. The van der Waals surface area contributed by atoms with Crippen LogP contribution in [-0.4, -0.2) is 12.7 Å². The van der Waals surface area contributed by atoms with Gasteiger partial charge >= 0.3 is 5.97 Å². The predicted molar refractivity (Wildman–Crippen MR) is 24.9 cm³/mol. The van der Waals surface area contributed by atoms with E-state index in [9.17, 15) is 4.79 Å². The van der Waals surface area contributed by atoms with Crippen molar-refractivity contribution in [1.29, 1.82) is 0 Å². The number of nitrogens with zero attached hydrogens (tertiary/aromatic N) is 1. The molecule has 0 aliphatic carbocycles. The molecular weight excluding hydrogens is 94.0 g/mol. The summed E-state index contributed by atoms with van der Waals surface area (Å²) in [6, 6.07) is 0. The van der Waals surface area contributed by atoms with Crippen molar-refractivity contribution >= 4 is 12.7 Å². The summed E-state index contributed by atoms with van der Waals surface area (Å²) in [4.78, 5) is 14.0. The van der Waals surface area contributed by atoms with Gasteiger partial charge in [0.15, 0.2) is 0 Å². The molecule has 0 unspecified atom stereocenters. The van der Waals surface area contributed by atoms with Gasteiger partial charge in [0, 0.05) is 6.42 Å². The van der Waals surface area contributed by atoms with Crippen molar-refractivity contribution in [2.24, 2.45) is 5.16 Å². The maximum atomic E-state index is 10.0. The Labute approximate surface area is 42.0 Å². The van der Waals surface area contributed by atoms with E-state index in [2.05, 4.69) is 16.7 Å². The standard InChI is InChI=1S/C4H6NO2/c1-3-4(6)7-5-2/h2H,3H2,1H3. The van der Waals surface area contributed by atoms with Crippen LogP contribution in [0, 0.1) is 0 Å². The number of hydrogen-bond donors (Lipinski definition) is 0. The second-order valence-corrected chi connectivity index (χ2v) is 0.922. The van der Waals surface area contributed by atoms with Crippen LogP contribution in [0.1, 0.15) is 13.3 Å². The van der Waals surface area contributed by atoms with Gasteiger partial charge in [-0.3, -0.25) is 0 Å². The first-order valence-corrected chi connectivity index (χ1v) is 1.91. The molecular formula is C4H6NO2. The van der Waals surface area contributed by atoms with Crippen molar-refractivity contribution in [3.8, 4) is 0 Å². The molecule has 0 bridgehead atoms. The highest BCUT2D eigenvalue weighted by Gasteiger charge is 1.91. The molecule has 0 aromatic rings. The van der Waals surface area contributed by atoms with Crippen LogP contribution >= 0.6 is 0 Å². The Bertz CT molecular complexity index is 79.8. The number of hydrogen-bond acceptors (Lipinski definition) is 3. The van der Waals surface area contributed by atoms with E-state index in [-0.39, 0.29) is 0 Å². The molecule has 3 heteroatoms. The van der Waals surface area contributed by atoms with Crippen LogP contribution < -0.4 is 0 Å². The highest BCUT2D eigenvalue weighted by molar-refractivity contribution is 5.68. The van der Waals surface area contributed by atoms with Gasteiger partial charge in [-0.2, -0.15) is 0 Å². The van der Waals surface area contributed by atoms with Crippen molar-refractivity contribution < 1.29 is 9.63 Å². The SMILES string of the molecule is [CH]=NOC(=O)CC. The molecule has 0 fully saturated rings. The first-order chi connectivity index (χ1) is 3.31. The molecule has 0 rings (SSSR count). The zero-order chi connectivity index (χ0) is 5.70. The third-order valence-corrected chi connectivity index (χ3v) is 0.443. The van der Waals surface area contributed by atoms with E-state index in [1.807, 2.05) is 0 Å². The summed E-state index contributed by atoms with van der Waals surface area (Å²) >= 11 is 0. The zero-order valence-corrected chi connectivity index (χ0v) is 4.05. The van der Waals surface area contributed by atoms with Crippen molar-refractivity contribution in [1.82, 2.24) is 0 Å². The van der Waals surface area contributed by atoms with Crippen LogP contribution in [0.5, 0.6) is 0 Å². The Morgan fingerprint density at radius 1 is 2.00 bits per heavy atom. The van der Waals surface area contributed by atoms with Crippen molar-refractivity contribution in [3.05, 3.63) is 0 Å². The van der Waals surface area contributed by atoms with Crippen molar-refractivity contribution in [2.45, 2.75) is 13.3 Å². The minimum Gasteiger partial charge on any atom is -0.318 e. The molecule has 0 saturated heterocycles. The van der Waals surface area contributed by atoms with E-state index >= 15 is 0 Å². The molecule has 39 valence electrons. The van der Waals surface area contributed by atoms with E-state index in [0.717, 1.165) is 0 Å². The lowest BCUT2D eigenvalue weighted by Crippen LogP contribution is -1.94. The van der Waals surface area contributed by atoms with Gasteiger partial charge in [0.2, 0.25) is 0 Å². The lowest BCUT2D eigenvalue weighted by Gasteiger charge is -1.86. The Morgan fingerprint density at radius 2 is 2.57 bits per heavy atom. The normalized spacial score (nSPS) is 7.57. The van der Waals surface area contributed by atoms with Crippen LogP contribution in [0.4, 0.5) is 0 Å². The second kappa shape index (κ2) is 3.33. The van der Waals surface area contributed by atoms with E-state index in [4.69, 9.17) is 0 Å². The van der Waals surface area contributed by atoms with Crippen molar-refractivity contribution in [3.63, 3.8) is 0 Å². The molecule has 0 N–H and O–H groups in total. The van der Waals surface area contributed by atoms with Gasteiger partial charge < -0.3 is 4.84 Å². The molecule has 0 atom stereocenters. The number of carbonyl (C=O) groups is 1. The molecule has 0 aromatic carbocycles. The number of carbonyl (C=O) groups excluding carboxylic acids is 1. The van der Waals surface area contributed by atoms with Gasteiger partial charge in [-0.15, -0.1) is 0 Å². The molecule has 0 spiro atoms. The first-order valence-electron chi connectivity index (χ1n) is 1.91. The molecule has 0 aliphatic rings. The van der Waals surface area contributed by atoms with Crippen LogP contribution in [0.2, 0.25) is 0 Å². The van der Waals surface area contributed by atoms with E-state index in [0.29, 0.717) is 6.42 Å². The third-order valence-electron chi connectivity index (χ3n) is 0.443. The maximum absolute atomic E-state index is 10.0. The van der Waals surface area contributed by atoms with Gasteiger partial charge in [0.25, 0.3) is 0 Å². The van der Waals surface area contributed by atoms with Crippen LogP contribution in [-0.2, 0) is 9.63 Å². The van der Waals surface area contributed by atoms with E-state index in [1.54, 1.807) is 6.92 Å². The highest BCUT2D eigenvalue weighted by atomic mass is 16.7. The molecule has 0 aromatic heterocycles. The smallest absolute Gasteiger partial charge is 0.318 e. The molecule has 0 heterocycles. The summed E-state index contributed by atoms with van der Waals surface area (Å²) in [7, 11) is 0. The fraction of sp³-hybridized carbons (Fsp3) is 0.500. The Morgan fingerprint density at radius 3 is 2.71 bits per heavy atom. The minimum absolute atomic E-state index is 0.306. The quantitative estimate of drug-likeness (QED) is 0.287. The zero-order valence-electron chi connectivity index (χ0n) is 4.05. The topological polar surface area (TPSA) is 38.7 Å². The summed E-state index contributed by atoms with van der Waals surface area (Å²) in [6.07, 6.45) is 0.306. The summed E-state index contributed by atoms with van der Waals surface area (Å²) in [5.74, 6) is -0.414. The third kappa shape index (κ3) is 2.96. The van der Waals surface area contributed by atoms with Crippen LogP contribution in [0.25, 0.3) is 0 Å². The van der Waals surface area contributed by atoms with Crippen LogP contribution in [0.15, 0.2) is 5.16 Å². The molecule has 7 heavy (non-hydrogen) atoms. The Kier molecular flexibility index (Phi) is 2.92. The fourth-order valence-corrected chi connectivity index (χ4v) is 0.123. The Balaban J connectivity index is 3.17. The van der Waals surface area contributed by atoms with Gasteiger partial charge in [-0.25, -0.2) is 4.79 Å². The lowest BCUT2D eigenvalue weighted by molar-refractivity contribution is -0.143. The van der Waals surface area contributed by atoms with Gasteiger partial charge in [0.1, 0.15) is 0 Å². The first kappa shape index (κ1) is 6.14. The van der Waals surface area contributed by atoms with Gasteiger partial charge in [-0.1, -0.05) is 12.1 Å². The molecule has 1 radical (unpaired) electrons. The highest BCUT2D eigenvalue weighted by Crippen LogP contribution is 1.80. The van der Waals surface area contributed by atoms with E-state index < -0.39 is 5.97 Å². The average Bonchev–Trinajstić information content (AvgIpc) is 1.68. The maximum Gasteiger partial charge on any atom is 0.334 e. The van der Waals surface area contributed by atoms with E-state index in [1.165, 1.54) is 0 Å². The molecule has 0 saturated carbocycles. The lowest BCUT2D eigenvalue weighted by atomic mass is 10.5. The largest absolute Gasteiger partial charge is 0.334 e. The summed E-state index contributed by atoms with van der Waals surface area (Å²) in [5.41, 5.74) is 0. The molecule has 0 aliphatic heterocycles. The number of rotatable bonds is 2. The summed E-state index contributed by atoms with van der Waals surface area (Å²) < 4.78 is 0. The molecule has 0 amide bonds. The monoisotopic (exact) mass is 100 g/mol. The second-order valence-electron chi connectivity index (χ2n) is 0.922. The van der Waals surface area contributed by atoms with Crippen molar-refractivity contribution in [2.75, 3.05) is 0 Å². The summed E-state index contributed by atoms with van der Waals surface area (Å²) in [6.45, 7) is 6.15. The minimum atomic E-state index is -0.414.